The maximum absolute atomic E-state index is 5.25. The molecule has 0 saturated carbocycles. The van der Waals surface area contributed by atoms with E-state index >= 15 is 0 Å². The van der Waals surface area contributed by atoms with Crippen LogP contribution in [0.4, 0.5) is 0 Å². The first-order chi connectivity index (χ1) is 3.98. The molecule has 0 amide bonds. The zero-order valence-electron chi connectivity index (χ0n) is 6.99. The molecule has 0 aliphatic carbocycles. The number of rotatable bonds is 2. The van der Waals surface area contributed by atoms with Crippen molar-refractivity contribution >= 4 is 32.7 Å². The largest absolute Gasteiger partial charge is 0.614 e. The van der Waals surface area contributed by atoms with E-state index in [1.165, 1.54) is 0 Å². The van der Waals surface area contributed by atoms with Crippen molar-refractivity contribution in [1.82, 2.24) is 0 Å². The highest BCUT2D eigenvalue weighted by molar-refractivity contribution is 7.12. The molecule has 4 heteroatoms. The van der Waals surface area contributed by atoms with E-state index in [1.807, 2.05) is 0 Å². The summed E-state index contributed by atoms with van der Waals surface area (Å²) in [6, 6.07) is 0. The van der Waals surface area contributed by atoms with Crippen LogP contribution in [0.3, 0.4) is 0 Å². The molecule has 54 valence electrons. The average Bonchev–Trinajstić information content (AvgIpc) is 1.64. The molecule has 9 heavy (non-hydrogen) atoms. The Morgan fingerprint density at radius 3 is 2.00 bits per heavy atom. The summed E-state index contributed by atoms with van der Waals surface area (Å²) in [6.45, 7) is 9.36. The number of hydrogen-bond acceptors (Lipinski definition) is 1. The molecule has 0 radical (unpaired) electrons. The van der Waals surface area contributed by atoms with E-state index in [2.05, 4.69) is 26.6 Å². The third kappa shape index (κ3) is 3.83. The Morgan fingerprint density at radius 1 is 1.44 bits per heavy atom. The van der Waals surface area contributed by atoms with Crippen molar-refractivity contribution in [2.24, 2.45) is 0 Å². The fourth-order valence-electron chi connectivity index (χ4n) is 0.354. The lowest BCUT2D eigenvalue weighted by Gasteiger charge is -2.15. The van der Waals surface area contributed by atoms with E-state index in [1.54, 1.807) is 4.79 Å². The predicted molar refractivity (Wildman–Crippen MR) is 52.2 cm³/mol. The molecule has 0 rings (SSSR count). The van der Waals surface area contributed by atoms with Gasteiger partial charge < -0.3 is 4.12 Å². The molecule has 0 saturated heterocycles. The predicted octanol–water partition coefficient (Wildman–Crippen LogP) is -0.295. The van der Waals surface area contributed by atoms with Crippen LogP contribution in [0.5, 0.6) is 0 Å². The van der Waals surface area contributed by atoms with Crippen LogP contribution >= 0.6 is 0 Å². The van der Waals surface area contributed by atoms with Crippen molar-refractivity contribution in [1.29, 1.82) is 0 Å². The average molecular weight is 176 g/mol. The molecular formula is C5H16OSi3. The van der Waals surface area contributed by atoms with Crippen LogP contribution < -0.4 is 0 Å². The van der Waals surface area contributed by atoms with E-state index in [4.69, 9.17) is 4.12 Å². The standard InChI is InChI=1S/C5H16OSi3/c1-5(8-6-7)9(2,3)4/h8H,1-4,7H3. The van der Waals surface area contributed by atoms with Gasteiger partial charge in [0.25, 0.3) is 0 Å². The zero-order valence-corrected chi connectivity index (χ0v) is 11.1. The molecule has 0 heterocycles. The van der Waals surface area contributed by atoms with E-state index in [9.17, 15) is 0 Å². The first-order valence-electron chi connectivity index (χ1n) is 3.18. The van der Waals surface area contributed by atoms with Crippen molar-refractivity contribution in [2.45, 2.75) is 26.6 Å². The maximum Gasteiger partial charge on any atom is 0.193 e. The monoisotopic (exact) mass is 176 g/mol. The highest BCUT2D eigenvalue weighted by atomic mass is 28.3. The van der Waals surface area contributed by atoms with Gasteiger partial charge in [0.15, 0.2) is 19.9 Å². The van der Waals surface area contributed by atoms with Gasteiger partial charge in [-0.15, -0.1) is 0 Å². The van der Waals surface area contributed by atoms with Gasteiger partial charge in [0, 0.05) is 0 Å². The van der Waals surface area contributed by atoms with Gasteiger partial charge in [0.1, 0.15) is 0 Å². The Labute approximate surface area is 63.9 Å². The second-order valence-electron chi connectivity index (χ2n) is 3.29. The van der Waals surface area contributed by atoms with E-state index in [0.29, 0.717) is 0 Å². The smallest absolute Gasteiger partial charge is 0.193 e. The second kappa shape index (κ2) is 3.48. The van der Waals surface area contributed by atoms with Crippen molar-refractivity contribution in [2.75, 3.05) is 0 Å². The summed E-state index contributed by atoms with van der Waals surface area (Å²) in [7, 11) is 0.209. The Kier molecular flexibility index (Phi) is 3.60. The van der Waals surface area contributed by atoms with Crippen LogP contribution in [-0.2, 0) is 4.12 Å². The molecule has 1 nitrogen and oxygen atoms in total. The first kappa shape index (κ1) is 9.32. The molecule has 0 unspecified atom stereocenters. The Hall–Kier alpha value is 0.321. The molecule has 0 bridgehead atoms. The maximum atomic E-state index is 5.25. The normalized spacial score (nSPS) is 14.0. The summed E-state index contributed by atoms with van der Waals surface area (Å²) >= 11 is 0. The van der Waals surface area contributed by atoms with Crippen molar-refractivity contribution in [3.63, 3.8) is 0 Å². The van der Waals surface area contributed by atoms with E-state index in [0.717, 1.165) is 10.5 Å². The first-order valence-corrected chi connectivity index (χ1v) is 8.55. The molecule has 0 fully saturated rings. The molecule has 0 atom stereocenters. The van der Waals surface area contributed by atoms with Gasteiger partial charge in [0.05, 0.1) is 8.07 Å². The lowest BCUT2D eigenvalue weighted by Crippen LogP contribution is -2.33. The lowest BCUT2D eigenvalue weighted by atomic mass is 11.0. The van der Waals surface area contributed by atoms with Gasteiger partial charge in [-0.05, 0) is 6.92 Å². The molecule has 0 aliphatic heterocycles. The fraction of sp³-hybridized carbons (Fsp3) is 0.800. The Morgan fingerprint density at radius 2 is 1.89 bits per heavy atom. The van der Waals surface area contributed by atoms with Crippen molar-refractivity contribution in [3.05, 3.63) is 0 Å². The highest BCUT2D eigenvalue weighted by Gasteiger charge is 2.14. The number of hydrogen-bond donors (Lipinski definition) is 0. The zero-order chi connectivity index (χ0) is 7.49. The van der Waals surface area contributed by atoms with Gasteiger partial charge in [-0.1, -0.05) is 24.4 Å². The van der Waals surface area contributed by atoms with E-state index in [-0.39, 0.29) is 9.38 Å². The minimum atomic E-state index is -0.931. The molecule has 0 N–H and O–H groups in total. The minimum Gasteiger partial charge on any atom is -0.614 e. The van der Waals surface area contributed by atoms with E-state index < -0.39 is 8.07 Å². The summed E-state index contributed by atoms with van der Waals surface area (Å²) in [4.78, 5) is 1.65. The van der Waals surface area contributed by atoms with Crippen LogP contribution in [0.1, 0.15) is 6.92 Å². The molecule has 0 aliphatic rings. The van der Waals surface area contributed by atoms with Gasteiger partial charge in [0.2, 0.25) is 0 Å². The second-order valence-corrected chi connectivity index (χ2v) is 12.1. The van der Waals surface area contributed by atoms with Crippen LogP contribution in [-0.4, -0.2) is 32.7 Å². The quantitative estimate of drug-likeness (QED) is 0.525. The van der Waals surface area contributed by atoms with Crippen LogP contribution in [0.15, 0.2) is 0 Å². The van der Waals surface area contributed by atoms with Gasteiger partial charge in [-0.3, -0.25) is 0 Å². The SMILES string of the molecule is CC(=[SiH]O[SiH3])[Si](C)(C)C. The molecule has 0 spiro atoms. The van der Waals surface area contributed by atoms with Crippen molar-refractivity contribution < 1.29 is 4.12 Å². The Bertz CT molecular complexity index is 114. The van der Waals surface area contributed by atoms with Crippen LogP contribution in [0.2, 0.25) is 19.6 Å². The third-order valence-electron chi connectivity index (χ3n) is 1.48. The summed E-state index contributed by atoms with van der Waals surface area (Å²) in [5, 5.41) is 0. The van der Waals surface area contributed by atoms with Gasteiger partial charge >= 0.3 is 0 Å². The van der Waals surface area contributed by atoms with Crippen LogP contribution in [0.25, 0.3) is 0 Å². The molecule has 0 aromatic rings. The summed E-state index contributed by atoms with van der Waals surface area (Å²) < 4.78 is 5.25. The van der Waals surface area contributed by atoms with Gasteiger partial charge in [-0.25, -0.2) is 0 Å². The summed E-state index contributed by atoms with van der Waals surface area (Å²) in [5.74, 6) is 0. The summed E-state index contributed by atoms with van der Waals surface area (Å²) in [6.07, 6.45) is 0. The van der Waals surface area contributed by atoms with Gasteiger partial charge in [-0.2, -0.15) is 0 Å². The minimum absolute atomic E-state index is 0.231. The highest BCUT2D eigenvalue weighted by Crippen LogP contribution is 2.00. The topological polar surface area (TPSA) is 9.23 Å². The molecular weight excluding hydrogens is 160 g/mol. The molecule has 0 aromatic carbocycles. The lowest BCUT2D eigenvalue weighted by molar-refractivity contribution is 0.685. The third-order valence-corrected chi connectivity index (χ3v) is 8.09. The fourth-order valence-corrected chi connectivity index (χ4v) is 4.24. The Balaban J connectivity index is 4.03. The van der Waals surface area contributed by atoms with Crippen molar-refractivity contribution in [3.8, 4) is 0 Å². The molecule has 0 aromatic heterocycles. The van der Waals surface area contributed by atoms with Crippen LogP contribution in [0, 0.1) is 0 Å². The summed E-state index contributed by atoms with van der Waals surface area (Å²) in [5.41, 5.74) is 0.